The molecule has 2 aromatic rings. The number of rotatable bonds is 4. The summed E-state index contributed by atoms with van der Waals surface area (Å²) in [5, 5.41) is 1.03. The molecule has 3 heteroatoms. The average Bonchev–Trinajstić information content (AvgIpc) is 2.39. The molecule has 0 spiro atoms. The SMILES string of the molecule is CCC=CCCn1c(=O)ccc2cc(C)c(C)nc21. The van der Waals surface area contributed by atoms with E-state index in [2.05, 4.69) is 30.1 Å². The minimum absolute atomic E-state index is 0.0214. The lowest BCUT2D eigenvalue weighted by molar-refractivity contribution is 0.699. The van der Waals surface area contributed by atoms with E-state index in [1.165, 1.54) is 0 Å². The Kier molecular flexibility index (Phi) is 4.15. The standard InChI is InChI=1S/C16H20N2O/c1-4-5-6-7-10-18-15(19)9-8-14-11-12(2)13(3)17-16(14)18/h5-6,8-9,11H,4,7,10H2,1-3H3. The number of pyridine rings is 2. The first kappa shape index (κ1) is 13.5. The van der Waals surface area contributed by atoms with Gasteiger partial charge in [0.05, 0.1) is 0 Å². The third-order valence-corrected chi connectivity index (χ3v) is 3.32. The summed E-state index contributed by atoms with van der Waals surface area (Å²) >= 11 is 0. The molecule has 100 valence electrons. The molecule has 2 rings (SSSR count). The molecule has 3 nitrogen and oxygen atoms in total. The minimum Gasteiger partial charge on any atom is -0.292 e. The van der Waals surface area contributed by atoms with Crippen LogP contribution in [0.4, 0.5) is 0 Å². The molecule has 0 bridgehead atoms. The number of hydrogen-bond donors (Lipinski definition) is 0. The van der Waals surface area contributed by atoms with Gasteiger partial charge in [-0.1, -0.05) is 19.1 Å². The summed E-state index contributed by atoms with van der Waals surface area (Å²) in [6.45, 7) is 6.81. The molecule has 2 heterocycles. The van der Waals surface area contributed by atoms with Gasteiger partial charge in [-0.25, -0.2) is 4.98 Å². The van der Waals surface area contributed by atoms with Crippen LogP contribution >= 0.6 is 0 Å². The Morgan fingerprint density at radius 1 is 1.26 bits per heavy atom. The zero-order valence-corrected chi connectivity index (χ0v) is 11.8. The minimum atomic E-state index is 0.0214. The number of allylic oxidation sites excluding steroid dienone is 2. The van der Waals surface area contributed by atoms with Crippen LogP contribution in [0.1, 0.15) is 31.0 Å². The van der Waals surface area contributed by atoms with Gasteiger partial charge in [-0.3, -0.25) is 9.36 Å². The number of aryl methyl sites for hydroxylation is 3. The van der Waals surface area contributed by atoms with Gasteiger partial charge >= 0.3 is 0 Å². The lowest BCUT2D eigenvalue weighted by Crippen LogP contribution is -2.20. The highest BCUT2D eigenvalue weighted by Crippen LogP contribution is 2.14. The normalized spacial score (nSPS) is 11.5. The Bertz CT molecular complexity index is 668. The van der Waals surface area contributed by atoms with Crippen molar-refractivity contribution in [1.29, 1.82) is 0 Å². The van der Waals surface area contributed by atoms with Crippen molar-refractivity contribution >= 4 is 11.0 Å². The molecule has 0 N–H and O–H groups in total. The summed E-state index contributed by atoms with van der Waals surface area (Å²) in [5.74, 6) is 0. The summed E-state index contributed by atoms with van der Waals surface area (Å²) in [6, 6.07) is 5.58. The molecule has 2 aromatic heterocycles. The Morgan fingerprint density at radius 3 is 2.79 bits per heavy atom. The molecule has 0 saturated carbocycles. The molecule has 0 radical (unpaired) electrons. The molecule has 0 aliphatic heterocycles. The first-order valence-electron chi connectivity index (χ1n) is 6.76. The fourth-order valence-electron chi connectivity index (χ4n) is 2.11. The predicted molar refractivity (Wildman–Crippen MR) is 79.5 cm³/mol. The second kappa shape index (κ2) is 5.83. The predicted octanol–water partition coefficient (Wildman–Crippen LogP) is 3.37. The lowest BCUT2D eigenvalue weighted by Gasteiger charge is -2.10. The van der Waals surface area contributed by atoms with Crippen LogP contribution in [0.2, 0.25) is 0 Å². The highest BCUT2D eigenvalue weighted by molar-refractivity contribution is 5.76. The summed E-state index contributed by atoms with van der Waals surface area (Å²) in [6.07, 6.45) is 6.13. The lowest BCUT2D eigenvalue weighted by atomic mass is 10.1. The van der Waals surface area contributed by atoms with E-state index in [-0.39, 0.29) is 5.56 Å². The van der Waals surface area contributed by atoms with Crippen molar-refractivity contribution in [3.63, 3.8) is 0 Å². The van der Waals surface area contributed by atoms with Gasteiger partial charge in [0.1, 0.15) is 5.65 Å². The molecule has 0 fully saturated rings. The van der Waals surface area contributed by atoms with Gasteiger partial charge in [0.15, 0.2) is 0 Å². The van der Waals surface area contributed by atoms with Crippen LogP contribution in [0.25, 0.3) is 11.0 Å². The number of nitrogens with zero attached hydrogens (tertiary/aromatic N) is 2. The maximum atomic E-state index is 12.0. The van der Waals surface area contributed by atoms with Crippen LogP contribution < -0.4 is 5.56 Å². The van der Waals surface area contributed by atoms with Crippen molar-refractivity contribution in [3.05, 3.63) is 52.0 Å². The van der Waals surface area contributed by atoms with Crippen LogP contribution in [0.5, 0.6) is 0 Å². The Hall–Kier alpha value is -1.90. The highest BCUT2D eigenvalue weighted by Gasteiger charge is 2.05. The van der Waals surface area contributed by atoms with E-state index in [0.717, 1.165) is 35.1 Å². The quantitative estimate of drug-likeness (QED) is 0.786. The van der Waals surface area contributed by atoms with E-state index in [1.807, 2.05) is 19.9 Å². The van der Waals surface area contributed by atoms with Crippen molar-refractivity contribution in [2.75, 3.05) is 0 Å². The largest absolute Gasteiger partial charge is 0.292 e. The van der Waals surface area contributed by atoms with Crippen molar-refractivity contribution < 1.29 is 0 Å². The number of fused-ring (bicyclic) bond motifs is 1. The van der Waals surface area contributed by atoms with E-state index >= 15 is 0 Å². The van der Waals surface area contributed by atoms with Gasteiger partial charge in [-0.2, -0.15) is 0 Å². The van der Waals surface area contributed by atoms with Crippen molar-refractivity contribution in [1.82, 2.24) is 9.55 Å². The summed E-state index contributed by atoms with van der Waals surface area (Å²) in [5.41, 5.74) is 2.95. The molecule has 0 saturated heterocycles. The van der Waals surface area contributed by atoms with Gasteiger partial charge in [0.2, 0.25) is 0 Å². The number of aromatic nitrogens is 2. The third-order valence-electron chi connectivity index (χ3n) is 3.32. The van der Waals surface area contributed by atoms with E-state index in [9.17, 15) is 4.79 Å². The summed E-state index contributed by atoms with van der Waals surface area (Å²) < 4.78 is 1.77. The van der Waals surface area contributed by atoms with Crippen LogP contribution in [-0.4, -0.2) is 9.55 Å². The second-order valence-electron chi connectivity index (χ2n) is 4.80. The monoisotopic (exact) mass is 256 g/mol. The third kappa shape index (κ3) is 2.92. The Balaban J connectivity index is 2.46. The van der Waals surface area contributed by atoms with Gasteiger partial charge in [0.25, 0.3) is 5.56 Å². The van der Waals surface area contributed by atoms with Gasteiger partial charge in [-0.15, -0.1) is 0 Å². The molecule has 19 heavy (non-hydrogen) atoms. The number of hydrogen-bond acceptors (Lipinski definition) is 2. The van der Waals surface area contributed by atoms with E-state index in [4.69, 9.17) is 0 Å². The molecule has 0 aliphatic rings. The summed E-state index contributed by atoms with van der Waals surface area (Å²) in [7, 11) is 0. The van der Waals surface area contributed by atoms with Crippen LogP contribution in [-0.2, 0) is 6.54 Å². The van der Waals surface area contributed by atoms with E-state index < -0.39 is 0 Å². The fraction of sp³-hybridized carbons (Fsp3) is 0.375. The maximum absolute atomic E-state index is 12.0. The van der Waals surface area contributed by atoms with Crippen molar-refractivity contribution in [3.8, 4) is 0 Å². The summed E-state index contributed by atoms with van der Waals surface area (Å²) in [4.78, 5) is 16.6. The average molecular weight is 256 g/mol. The zero-order chi connectivity index (χ0) is 13.8. The van der Waals surface area contributed by atoms with Crippen molar-refractivity contribution in [2.24, 2.45) is 0 Å². The molecular formula is C16H20N2O. The first-order valence-corrected chi connectivity index (χ1v) is 6.76. The van der Waals surface area contributed by atoms with Crippen LogP contribution in [0.3, 0.4) is 0 Å². The van der Waals surface area contributed by atoms with Gasteiger partial charge < -0.3 is 0 Å². The van der Waals surface area contributed by atoms with Gasteiger partial charge in [0, 0.05) is 23.7 Å². The Labute approximate surface area is 113 Å². The maximum Gasteiger partial charge on any atom is 0.252 e. The van der Waals surface area contributed by atoms with Crippen LogP contribution in [0, 0.1) is 13.8 Å². The first-order chi connectivity index (χ1) is 9.13. The zero-order valence-electron chi connectivity index (χ0n) is 11.8. The van der Waals surface area contributed by atoms with Crippen LogP contribution in [0.15, 0.2) is 35.1 Å². The molecule has 0 aliphatic carbocycles. The molecular weight excluding hydrogens is 236 g/mol. The van der Waals surface area contributed by atoms with E-state index in [1.54, 1.807) is 10.6 Å². The molecule has 0 atom stereocenters. The van der Waals surface area contributed by atoms with Gasteiger partial charge in [-0.05, 0) is 44.4 Å². The molecule has 0 unspecified atom stereocenters. The Morgan fingerprint density at radius 2 is 2.05 bits per heavy atom. The van der Waals surface area contributed by atoms with E-state index in [0.29, 0.717) is 6.54 Å². The molecule has 0 amide bonds. The van der Waals surface area contributed by atoms with Crippen molar-refractivity contribution in [2.45, 2.75) is 40.2 Å². The molecule has 0 aromatic carbocycles. The smallest absolute Gasteiger partial charge is 0.252 e. The second-order valence-corrected chi connectivity index (χ2v) is 4.80. The fourth-order valence-corrected chi connectivity index (χ4v) is 2.11. The topological polar surface area (TPSA) is 34.9 Å². The highest BCUT2D eigenvalue weighted by atomic mass is 16.1.